The molecule has 1 saturated heterocycles. The molecule has 4 rings (SSSR count). The minimum atomic E-state index is -0.0671. The molecule has 6 nitrogen and oxygen atoms in total. The van der Waals surface area contributed by atoms with E-state index < -0.39 is 0 Å². The van der Waals surface area contributed by atoms with E-state index in [1.807, 2.05) is 12.1 Å². The normalized spacial score (nSPS) is 25.0. The van der Waals surface area contributed by atoms with E-state index in [2.05, 4.69) is 41.1 Å². The number of aromatic nitrogens is 3. The van der Waals surface area contributed by atoms with E-state index in [1.165, 1.54) is 0 Å². The van der Waals surface area contributed by atoms with Gasteiger partial charge in [-0.2, -0.15) is 0 Å². The van der Waals surface area contributed by atoms with E-state index in [0.29, 0.717) is 30.7 Å². The van der Waals surface area contributed by atoms with E-state index >= 15 is 0 Å². The molecule has 0 bridgehead atoms. The summed E-state index contributed by atoms with van der Waals surface area (Å²) < 4.78 is 7.74. The maximum Gasteiger partial charge on any atom is 0.255 e. The molecule has 0 N–H and O–H groups in total. The zero-order valence-corrected chi connectivity index (χ0v) is 15.7. The van der Waals surface area contributed by atoms with Crippen molar-refractivity contribution in [3.8, 4) is 11.3 Å². The summed E-state index contributed by atoms with van der Waals surface area (Å²) in [5.41, 5.74) is 1.50. The van der Waals surface area contributed by atoms with Crippen LogP contribution in [0.2, 0.25) is 0 Å². The monoisotopic (exact) mass is 364 g/mol. The molecule has 3 heterocycles. The van der Waals surface area contributed by atoms with Gasteiger partial charge in [-0.3, -0.25) is 14.3 Å². The molecule has 1 aliphatic carbocycles. The molecule has 140 valence electrons. The van der Waals surface area contributed by atoms with Crippen LogP contribution in [0.4, 0.5) is 5.95 Å². The molecule has 1 fully saturated rings. The third kappa shape index (κ3) is 3.45. The Hall–Kier alpha value is -2.73. The fourth-order valence-electron chi connectivity index (χ4n) is 3.87. The standard InChI is InChI=1S/C21H24N4O2/c1-15-20(17-6-4-3-5-7-17)27-13-12-25(15)21-23-18(14-19(26)24(21)2)16-8-10-22-11-9-16/h3-6,8-11,14-15,17,20H,7,12-13H2,1-2H3/t15-,17?,20-/m0/s1. The van der Waals surface area contributed by atoms with E-state index in [-0.39, 0.29) is 17.7 Å². The molecule has 6 heteroatoms. The van der Waals surface area contributed by atoms with Crippen LogP contribution in [0, 0.1) is 5.92 Å². The van der Waals surface area contributed by atoms with Crippen LogP contribution >= 0.6 is 0 Å². The van der Waals surface area contributed by atoms with Crippen molar-refractivity contribution < 1.29 is 4.74 Å². The number of morpholine rings is 1. The van der Waals surface area contributed by atoms with Gasteiger partial charge in [-0.15, -0.1) is 0 Å². The Morgan fingerprint density at radius 2 is 2.04 bits per heavy atom. The molecule has 1 aliphatic heterocycles. The summed E-state index contributed by atoms with van der Waals surface area (Å²) >= 11 is 0. The Morgan fingerprint density at radius 3 is 2.78 bits per heavy atom. The van der Waals surface area contributed by atoms with Crippen LogP contribution in [-0.2, 0) is 11.8 Å². The lowest BCUT2D eigenvalue weighted by Crippen LogP contribution is -2.54. The molecule has 0 radical (unpaired) electrons. The number of rotatable bonds is 3. The lowest BCUT2D eigenvalue weighted by atomic mass is 9.89. The predicted octanol–water partition coefficient (Wildman–Crippen LogP) is 2.57. The molecule has 0 amide bonds. The second-order valence-electron chi connectivity index (χ2n) is 7.06. The number of allylic oxidation sites excluding steroid dienone is 3. The van der Waals surface area contributed by atoms with Crippen LogP contribution in [0.15, 0.2) is 59.7 Å². The zero-order valence-electron chi connectivity index (χ0n) is 15.7. The zero-order chi connectivity index (χ0) is 18.8. The summed E-state index contributed by atoms with van der Waals surface area (Å²) in [6, 6.07) is 5.44. The third-order valence-electron chi connectivity index (χ3n) is 5.39. The van der Waals surface area contributed by atoms with Crippen LogP contribution in [-0.4, -0.2) is 39.8 Å². The van der Waals surface area contributed by atoms with Crippen molar-refractivity contribution in [2.24, 2.45) is 13.0 Å². The van der Waals surface area contributed by atoms with Crippen LogP contribution in [0.3, 0.4) is 0 Å². The molecule has 1 unspecified atom stereocenters. The molecule has 2 aliphatic rings. The highest BCUT2D eigenvalue weighted by Gasteiger charge is 2.35. The molecule has 0 saturated carbocycles. The number of hydrogen-bond donors (Lipinski definition) is 0. The SMILES string of the molecule is C[C@H]1[C@@H](C2C=CC=CC2)OCCN1c1nc(-c2ccncc2)cc(=O)n1C. The summed E-state index contributed by atoms with van der Waals surface area (Å²) in [5.74, 6) is 1.03. The smallest absolute Gasteiger partial charge is 0.255 e. The van der Waals surface area contributed by atoms with Crippen molar-refractivity contribution in [1.82, 2.24) is 14.5 Å². The number of nitrogens with zero attached hydrogens (tertiary/aromatic N) is 4. The summed E-state index contributed by atoms with van der Waals surface area (Å²) in [4.78, 5) is 23.7. The average molecular weight is 364 g/mol. The number of anilines is 1. The van der Waals surface area contributed by atoms with Gasteiger partial charge in [0.1, 0.15) is 0 Å². The fraction of sp³-hybridized carbons (Fsp3) is 0.381. The minimum Gasteiger partial charge on any atom is -0.374 e. The Bertz CT molecular complexity index is 920. The number of hydrogen-bond acceptors (Lipinski definition) is 5. The summed E-state index contributed by atoms with van der Waals surface area (Å²) in [5, 5.41) is 0. The second-order valence-corrected chi connectivity index (χ2v) is 7.06. The van der Waals surface area contributed by atoms with E-state index in [4.69, 9.17) is 9.72 Å². The van der Waals surface area contributed by atoms with Crippen LogP contribution < -0.4 is 10.5 Å². The quantitative estimate of drug-likeness (QED) is 0.838. The Balaban J connectivity index is 1.69. The molecular weight excluding hydrogens is 340 g/mol. The van der Waals surface area contributed by atoms with E-state index in [9.17, 15) is 4.79 Å². The lowest BCUT2D eigenvalue weighted by Gasteiger charge is -2.43. The van der Waals surface area contributed by atoms with Crippen molar-refractivity contribution in [3.05, 3.63) is 65.3 Å². The van der Waals surface area contributed by atoms with Gasteiger partial charge in [0.2, 0.25) is 5.95 Å². The maximum atomic E-state index is 12.6. The average Bonchev–Trinajstić information content (AvgIpc) is 2.72. The Morgan fingerprint density at radius 1 is 1.22 bits per heavy atom. The first-order valence-electron chi connectivity index (χ1n) is 9.35. The highest BCUT2D eigenvalue weighted by atomic mass is 16.5. The van der Waals surface area contributed by atoms with Gasteiger partial charge < -0.3 is 9.64 Å². The maximum absolute atomic E-state index is 12.6. The van der Waals surface area contributed by atoms with Gasteiger partial charge >= 0.3 is 0 Å². The molecule has 27 heavy (non-hydrogen) atoms. The highest BCUT2D eigenvalue weighted by Crippen LogP contribution is 2.29. The number of pyridine rings is 1. The molecule has 3 atom stereocenters. The van der Waals surface area contributed by atoms with Gasteiger partial charge in [0, 0.05) is 43.5 Å². The van der Waals surface area contributed by atoms with Gasteiger partial charge in [-0.25, -0.2) is 4.98 Å². The summed E-state index contributed by atoms with van der Waals surface area (Å²) in [6.45, 7) is 3.49. The highest BCUT2D eigenvalue weighted by molar-refractivity contribution is 5.59. The molecule has 0 spiro atoms. The van der Waals surface area contributed by atoms with Crippen LogP contribution in [0.1, 0.15) is 13.3 Å². The van der Waals surface area contributed by atoms with Crippen LogP contribution in [0.5, 0.6) is 0 Å². The summed E-state index contributed by atoms with van der Waals surface area (Å²) in [7, 11) is 1.78. The van der Waals surface area contributed by atoms with Gasteiger partial charge in [0.15, 0.2) is 0 Å². The van der Waals surface area contributed by atoms with Crippen molar-refractivity contribution in [1.29, 1.82) is 0 Å². The van der Waals surface area contributed by atoms with Crippen molar-refractivity contribution in [2.45, 2.75) is 25.5 Å². The Kier molecular flexibility index (Phi) is 4.90. The predicted molar refractivity (Wildman–Crippen MR) is 106 cm³/mol. The fourth-order valence-corrected chi connectivity index (χ4v) is 3.87. The first-order chi connectivity index (χ1) is 13.1. The topological polar surface area (TPSA) is 60.2 Å². The van der Waals surface area contributed by atoms with Gasteiger partial charge in [-0.1, -0.05) is 24.3 Å². The summed E-state index contributed by atoms with van der Waals surface area (Å²) in [6.07, 6.45) is 13.0. The van der Waals surface area contributed by atoms with Crippen LogP contribution in [0.25, 0.3) is 11.3 Å². The Labute approximate surface area is 158 Å². The molecular formula is C21H24N4O2. The first kappa shape index (κ1) is 17.7. The molecule has 2 aromatic rings. The largest absolute Gasteiger partial charge is 0.374 e. The molecule has 0 aromatic carbocycles. The van der Waals surface area contributed by atoms with Crippen molar-refractivity contribution in [3.63, 3.8) is 0 Å². The van der Waals surface area contributed by atoms with Gasteiger partial charge in [0.05, 0.1) is 24.4 Å². The van der Waals surface area contributed by atoms with Crippen molar-refractivity contribution in [2.75, 3.05) is 18.1 Å². The number of ether oxygens (including phenoxy) is 1. The van der Waals surface area contributed by atoms with Gasteiger partial charge in [-0.05, 0) is 25.5 Å². The third-order valence-corrected chi connectivity index (χ3v) is 5.39. The molecule has 2 aromatic heterocycles. The van der Waals surface area contributed by atoms with E-state index in [0.717, 1.165) is 12.0 Å². The first-order valence-corrected chi connectivity index (χ1v) is 9.35. The van der Waals surface area contributed by atoms with Crippen molar-refractivity contribution >= 4 is 5.95 Å². The minimum absolute atomic E-state index is 0.0671. The van der Waals surface area contributed by atoms with Gasteiger partial charge in [0.25, 0.3) is 5.56 Å². The second kappa shape index (κ2) is 7.48. The lowest BCUT2D eigenvalue weighted by molar-refractivity contribution is -0.0102. The van der Waals surface area contributed by atoms with E-state index in [1.54, 1.807) is 30.1 Å².